The maximum absolute atomic E-state index is 11.1. The fourth-order valence-electron chi connectivity index (χ4n) is 0.521. The quantitative estimate of drug-likeness (QED) is 0.466. The van der Waals surface area contributed by atoms with Crippen molar-refractivity contribution >= 4 is 5.97 Å². The van der Waals surface area contributed by atoms with Crippen molar-refractivity contribution in [2.24, 2.45) is 5.92 Å². The van der Waals surface area contributed by atoms with Crippen LogP contribution in [0.5, 0.6) is 0 Å². The zero-order chi connectivity index (χ0) is 13.0. The van der Waals surface area contributed by atoms with Gasteiger partial charge < -0.3 is 4.74 Å². The number of carbonyl (C=O) groups excluding carboxylic acids is 1. The number of carbonyl (C=O) groups is 1. The van der Waals surface area contributed by atoms with Crippen LogP contribution in [0, 0.1) is 5.92 Å². The summed E-state index contributed by atoms with van der Waals surface area (Å²) in [6, 6.07) is 0. The highest BCUT2D eigenvalue weighted by Gasteiger charge is 1.93. The highest BCUT2D eigenvalue weighted by molar-refractivity contribution is 5.81. The summed E-state index contributed by atoms with van der Waals surface area (Å²) >= 11 is 0. The summed E-state index contributed by atoms with van der Waals surface area (Å²) < 4.78 is 38.8. The Bertz CT molecular complexity index is 268. The number of hydrogen-bond donors (Lipinski definition) is 0. The lowest BCUT2D eigenvalue weighted by Gasteiger charge is -1.97. The van der Waals surface area contributed by atoms with Crippen LogP contribution in [0.1, 0.15) is 34.0 Å². The molecule has 2 heteroatoms. The highest BCUT2D eigenvalue weighted by atomic mass is 16.5. The van der Waals surface area contributed by atoms with E-state index in [1.165, 1.54) is 6.08 Å². The Morgan fingerprint density at radius 2 is 2.55 bits per heavy atom. The van der Waals surface area contributed by atoms with Crippen molar-refractivity contribution in [2.45, 2.75) is 27.1 Å². The van der Waals surface area contributed by atoms with Gasteiger partial charge in [0.1, 0.15) is 0 Å². The molecule has 0 unspecified atom stereocenters. The molecule has 0 heterocycles. The Hall–Kier alpha value is -0.790. The minimum absolute atomic E-state index is 0.364. The van der Waals surface area contributed by atoms with E-state index in [9.17, 15) is 4.79 Å². The van der Waals surface area contributed by atoms with Crippen molar-refractivity contribution in [3.8, 4) is 0 Å². The van der Waals surface area contributed by atoms with Crippen LogP contribution in [0.25, 0.3) is 0 Å². The Labute approximate surface area is 75.3 Å². The van der Waals surface area contributed by atoms with E-state index in [1.54, 1.807) is 0 Å². The van der Waals surface area contributed by atoms with E-state index in [2.05, 4.69) is 4.74 Å². The normalized spacial score (nSPS) is 20.1. The Morgan fingerprint density at radius 1 is 1.82 bits per heavy atom. The molecule has 11 heavy (non-hydrogen) atoms. The van der Waals surface area contributed by atoms with E-state index in [1.807, 2.05) is 13.8 Å². The molecule has 64 valence electrons. The van der Waals surface area contributed by atoms with Crippen LogP contribution in [0.15, 0.2) is 12.2 Å². The lowest BCUT2D eigenvalue weighted by molar-refractivity contribution is -0.137. The standard InChI is InChI=1S/C9H16O2/c1-4-11-9(10)7-5-6-8(2)3/h5,7-8H,4,6H2,1-3H3/b7-5+/i1D3,4D2. The largest absolute Gasteiger partial charge is 0.463 e. The molecular weight excluding hydrogens is 140 g/mol. The monoisotopic (exact) mass is 161 g/mol. The molecular formula is C9H16O2. The smallest absolute Gasteiger partial charge is 0.330 e. The summed E-state index contributed by atoms with van der Waals surface area (Å²) in [5, 5.41) is 0. The van der Waals surface area contributed by atoms with Gasteiger partial charge in [-0.1, -0.05) is 19.9 Å². The average molecular weight is 161 g/mol. The maximum atomic E-state index is 11.1. The van der Waals surface area contributed by atoms with Crippen LogP contribution in [-0.4, -0.2) is 12.5 Å². The Balaban J connectivity index is 4.30. The van der Waals surface area contributed by atoms with Crippen molar-refractivity contribution < 1.29 is 16.4 Å². The second kappa shape index (κ2) is 5.96. The molecule has 0 aromatic heterocycles. The van der Waals surface area contributed by atoms with Crippen LogP contribution < -0.4 is 0 Å². The molecule has 0 radical (unpaired) electrons. The molecule has 0 saturated carbocycles. The molecule has 0 spiro atoms. The molecule has 0 aromatic rings. The summed E-state index contributed by atoms with van der Waals surface area (Å²) in [6.45, 7) is -2.02. The minimum Gasteiger partial charge on any atom is -0.463 e. The third-order valence-electron chi connectivity index (χ3n) is 1.01. The average Bonchev–Trinajstić information content (AvgIpc) is 1.99. The first kappa shape index (κ1) is 4.29. The molecule has 0 fully saturated rings. The lowest BCUT2D eigenvalue weighted by Crippen LogP contribution is -1.99. The van der Waals surface area contributed by atoms with Gasteiger partial charge in [-0.05, 0) is 19.2 Å². The molecule has 0 aliphatic rings. The zero-order valence-corrected chi connectivity index (χ0v) is 6.76. The van der Waals surface area contributed by atoms with Crippen LogP contribution in [0.3, 0.4) is 0 Å². The van der Waals surface area contributed by atoms with E-state index >= 15 is 0 Å². The van der Waals surface area contributed by atoms with Gasteiger partial charge in [-0.2, -0.15) is 0 Å². The zero-order valence-electron chi connectivity index (χ0n) is 11.8. The first-order valence-corrected chi connectivity index (χ1v) is 3.46. The van der Waals surface area contributed by atoms with Gasteiger partial charge >= 0.3 is 5.97 Å². The van der Waals surface area contributed by atoms with Crippen molar-refractivity contribution in [1.29, 1.82) is 0 Å². The molecule has 0 saturated heterocycles. The van der Waals surface area contributed by atoms with Crippen molar-refractivity contribution in [1.82, 2.24) is 0 Å². The molecule has 2 nitrogen and oxygen atoms in total. The van der Waals surface area contributed by atoms with Crippen LogP contribution in [0.2, 0.25) is 0 Å². The summed E-state index contributed by atoms with van der Waals surface area (Å²) in [5.74, 6) is -0.620. The van der Waals surface area contributed by atoms with Gasteiger partial charge in [-0.3, -0.25) is 0 Å². The van der Waals surface area contributed by atoms with E-state index in [0.29, 0.717) is 12.3 Å². The Morgan fingerprint density at radius 3 is 3.09 bits per heavy atom. The van der Waals surface area contributed by atoms with Gasteiger partial charge in [0.2, 0.25) is 0 Å². The molecule has 0 aliphatic carbocycles. The number of hydrogen-bond acceptors (Lipinski definition) is 2. The fraction of sp³-hybridized carbons (Fsp3) is 0.667. The van der Waals surface area contributed by atoms with E-state index < -0.39 is 19.4 Å². The molecule has 0 atom stereocenters. The molecule has 0 amide bonds. The summed E-state index contributed by atoms with van der Waals surface area (Å²) in [5.41, 5.74) is 0. The van der Waals surface area contributed by atoms with E-state index in [4.69, 9.17) is 6.85 Å². The fourth-order valence-corrected chi connectivity index (χ4v) is 0.521. The third kappa shape index (κ3) is 7.10. The minimum atomic E-state index is -2.98. The first-order chi connectivity index (χ1) is 7.06. The third-order valence-corrected chi connectivity index (χ3v) is 1.01. The lowest BCUT2D eigenvalue weighted by atomic mass is 10.1. The van der Waals surface area contributed by atoms with E-state index in [0.717, 1.165) is 6.08 Å². The molecule has 0 N–H and O–H groups in total. The molecule has 0 bridgehead atoms. The number of ether oxygens (including phenoxy) is 1. The van der Waals surface area contributed by atoms with Crippen molar-refractivity contribution in [3.63, 3.8) is 0 Å². The van der Waals surface area contributed by atoms with Gasteiger partial charge in [-0.25, -0.2) is 4.79 Å². The van der Waals surface area contributed by atoms with Crippen molar-refractivity contribution in [2.75, 3.05) is 6.56 Å². The Kier molecular flexibility index (Phi) is 2.32. The van der Waals surface area contributed by atoms with Gasteiger partial charge in [0, 0.05) is 10.2 Å². The number of allylic oxidation sites excluding steroid dienone is 1. The molecule has 0 rings (SSSR count). The van der Waals surface area contributed by atoms with Gasteiger partial charge in [0.15, 0.2) is 0 Å². The topological polar surface area (TPSA) is 26.3 Å². The van der Waals surface area contributed by atoms with Crippen molar-refractivity contribution in [3.05, 3.63) is 12.2 Å². The van der Waals surface area contributed by atoms with Gasteiger partial charge in [0.05, 0.1) is 9.30 Å². The first-order valence-electron chi connectivity index (χ1n) is 5.96. The molecule has 0 aliphatic heterocycles. The predicted molar refractivity (Wildman–Crippen MR) is 45.2 cm³/mol. The van der Waals surface area contributed by atoms with E-state index in [-0.39, 0.29) is 0 Å². The predicted octanol–water partition coefficient (Wildman–Crippen LogP) is 2.15. The second-order valence-corrected chi connectivity index (χ2v) is 2.56. The SMILES string of the molecule is [2H]C([2H])([2H])C([2H])([2H])OC(=O)/C=C/CC(C)C. The van der Waals surface area contributed by atoms with Crippen LogP contribution in [-0.2, 0) is 9.53 Å². The summed E-state index contributed by atoms with van der Waals surface area (Å²) in [7, 11) is 0. The highest BCUT2D eigenvalue weighted by Crippen LogP contribution is 1.99. The second-order valence-electron chi connectivity index (χ2n) is 2.56. The summed E-state index contributed by atoms with van der Waals surface area (Å²) in [6.07, 6.45) is 3.22. The van der Waals surface area contributed by atoms with Crippen LogP contribution in [0.4, 0.5) is 0 Å². The number of rotatable bonds is 4. The van der Waals surface area contributed by atoms with Crippen LogP contribution >= 0.6 is 0 Å². The summed E-state index contributed by atoms with van der Waals surface area (Å²) in [4.78, 5) is 11.1. The van der Waals surface area contributed by atoms with Gasteiger partial charge in [0.25, 0.3) is 0 Å². The maximum Gasteiger partial charge on any atom is 0.330 e. The molecule has 0 aromatic carbocycles. The number of esters is 1. The van der Waals surface area contributed by atoms with Gasteiger partial charge in [-0.15, -0.1) is 0 Å².